The van der Waals surface area contributed by atoms with Crippen LogP contribution >= 0.6 is 0 Å². The van der Waals surface area contributed by atoms with Crippen LogP contribution in [0.5, 0.6) is 17.4 Å². The van der Waals surface area contributed by atoms with Crippen molar-refractivity contribution in [2.24, 2.45) is 0 Å². The van der Waals surface area contributed by atoms with E-state index in [0.717, 1.165) is 0 Å². The number of rotatable bonds is 10. The van der Waals surface area contributed by atoms with Crippen LogP contribution in [0.25, 0.3) is 0 Å². The highest BCUT2D eigenvalue weighted by Gasteiger charge is 2.49. The minimum Gasteiger partial charge on any atom is -0.494 e. The Hall–Kier alpha value is -3.87. The Kier molecular flexibility index (Phi) is 7.79. The smallest absolute Gasteiger partial charge is 0.494 e. The summed E-state index contributed by atoms with van der Waals surface area (Å²) in [5, 5.41) is 9.62. The quantitative estimate of drug-likeness (QED) is 0.317. The van der Waals surface area contributed by atoms with E-state index in [9.17, 15) is 31.5 Å². The molecule has 0 saturated heterocycles. The van der Waals surface area contributed by atoms with Crippen LogP contribution in [-0.2, 0) is 23.1 Å². The van der Waals surface area contributed by atoms with Crippen molar-refractivity contribution in [3.05, 3.63) is 77.2 Å². The molecular weight excluding hydrogens is 493 g/mol. The largest absolute Gasteiger partial charge is 0.534 e. The summed E-state index contributed by atoms with van der Waals surface area (Å²) in [6.07, 6.45) is -0.145. The molecule has 3 rings (SSSR count). The highest BCUT2D eigenvalue weighted by molar-refractivity contribution is 7.88. The lowest BCUT2D eigenvalue weighted by Crippen LogP contribution is -2.29. The van der Waals surface area contributed by atoms with E-state index in [-0.39, 0.29) is 18.9 Å². The lowest BCUT2D eigenvalue weighted by Gasteiger charge is -2.15. The van der Waals surface area contributed by atoms with Gasteiger partial charge in [0.15, 0.2) is 5.69 Å². The summed E-state index contributed by atoms with van der Waals surface area (Å²) in [7, 11) is -6.18. The number of alkyl halides is 3. The van der Waals surface area contributed by atoms with Crippen molar-refractivity contribution in [1.82, 2.24) is 9.97 Å². The Balaban J connectivity index is 2.03. The van der Waals surface area contributed by atoms with Crippen molar-refractivity contribution < 1.29 is 45.1 Å². The molecule has 0 radical (unpaired) electrons. The van der Waals surface area contributed by atoms with E-state index in [2.05, 4.69) is 14.2 Å². The summed E-state index contributed by atoms with van der Waals surface area (Å²) in [6, 6.07) is 14.7. The summed E-state index contributed by atoms with van der Waals surface area (Å²) < 4.78 is 77.2. The van der Waals surface area contributed by atoms with Gasteiger partial charge in [0.25, 0.3) is 5.88 Å². The molecule has 35 heavy (non-hydrogen) atoms. The van der Waals surface area contributed by atoms with E-state index in [4.69, 9.17) is 9.47 Å². The first-order valence-corrected chi connectivity index (χ1v) is 11.4. The van der Waals surface area contributed by atoms with Crippen LogP contribution in [0.15, 0.2) is 54.6 Å². The van der Waals surface area contributed by atoms with Gasteiger partial charge >= 0.3 is 21.6 Å². The van der Waals surface area contributed by atoms with Gasteiger partial charge in [-0.1, -0.05) is 42.5 Å². The van der Waals surface area contributed by atoms with Gasteiger partial charge in [0.2, 0.25) is 5.75 Å². The zero-order valence-corrected chi connectivity index (χ0v) is 19.0. The summed E-state index contributed by atoms with van der Waals surface area (Å²) >= 11 is 0. The van der Waals surface area contributed by atoms with Crippen molar-refractivity contribution in [2.45, 2.75) is 25.5 Å². The number of carboxylic acids is 1. The van der Waals surface area contributed by atoms with Gasteiger partial charge in [0.1, 0.15) is 18.2 Å². The topological polar surface area (TPSA) is 125 Å². The van der Waals surface area contributed by atoms with Crippen LogP contribution in [-0.4, -0.2) is 41.6 Å². The molecule has 0 amide bonds. The van der Waals surface area contributed by atoms with Crippen LogP contribution < -0.4 is 13.7 Å². The van der Waals surface area contributed by atoms with E-state index >= 15 is 0 Å². The van der Waals surface area contributed by atoms with Crippen LogP contribution in [0.1, 0.15) is 34.4 Å². The van der Waals surface area contributed by atoms with E-state index < -0.39 is 38.9 Å². The molecular formula is C22H19F3N2O7S. The summed E-state index contributed by atoms with van der Waals surface area (Å²) in [5.41, 5.74) is -5.57. The molecule has 0 atom stereocenters. The molecule has 0 fully saturated rings. The molecule has 0 unspecified atom stereocenters. The van der Waals surface area contributed by atoms with Crippen molar-refractivity contribution in [1.29, 1.82) is 0 Å². The van der Waals surface area contributed by atoms with E-state index in [1.807, 2.05) is 0 Å². The number of hydrogen-bond acceptors (Lipinski definition) is 8. The molecule has 0 aliphatic heterocycles. The first kappa shape index (κ1) is 25.7. The van der Waals surface area contributed by atoms with Gasteiger partial charge in [-0.15, -0.1) is 0 Å². The number of benzene rings is 2. The number of halogens is 3. The fourth-order valence-corrected chi connectivity index (χ4v) is 3.23. The van der Waals surface area contributed by atoms with Gasteiger partial charge in [-0.25, -0.2) is 9.78 Å². The van der Waals surface area contributed by atoms with Gasteiger partial charge in [-0.05, 0) is 30.2 Å². The van der Waals surface area contributed by atoms with Gasteiger partial charge in [0, 0.05) is 6.42 Å². The van der Waals surface area contributed by atoms with Gasteiger partial charge in [-0.3, -0.25) is 0 Å². The molecule has 0 aliphatic carbocycles. The molecule has 2 aromatic carbocycles. The van der Waals surface area contributed by atoms with E-state index in [1.165, 1.54) is 0 Å². The van der Waals surface area contributed by atoms with Crippen LogP contribution in [0.3, 0.4) is 0 Å². The number of aromatic carboxylic acids is 1. The zero-order valence-electron chi connectivity index (χ0n) is 18.2. The van der Waals surface area contributed by atoms with Crippen molar-refractivity contribution in [3.8, 4) is 17.4 Å². The predicted octanol–water partition coefficient (Wildman–Crippen LogP) is 3.97. The van der Waals surface area contributed by atoms with Crippen LogP contribution in [0.2, 0.25) is 0 Å². The SMILES string of the molecule is CCOc1ccc(Cc2nc(OS(=O)(=O)C(F)(F)F)c(OCc3ccccc3)c(C(=O)O)n2)cc1. The molecule has 0 spiro atoms. The Morgan fingerprint density at radius 1 is 0.971 bits per heavy atom. The van der Waals surface area contributed by atoms with Crippen LogP contribution in [0.4, 0.5) is 13.2 Å². The number of hydrogen-bond donors (Lipinski definition) is 1. The molecule has 1 aromatic heterocycles. The first-order valence-electron chi connectivity index (χ1n) is 10.0. The van der Waals surface area contributed by atoms with Crippen molar-refractivity contribution >= 4 is 16.1 Å². The fraction of sp³-hybridized carbons (Fsp3) is 0.227. The maximum absolute atomic E-state index is 13.0. The molecule has 13 heteroatoms. The molecule has 186 valence electrons. The van der Waals surface area contributed by atoms with E-state index in [1.54, 1.807) is 61.5 Å². The number of aromatic nitrogens is 2. The first-order chi connectivity index (χ1) is 16.5. The molecule has 0 saturated carbocycles. The zero-order chi connectivity index (χ0) is 25.6. The lowest BCUT2D eigenvalue weighted by molar-refractivity contribution is -0.0502. The normalized spacial score (nSPS) is 11.7. The minimum absolute atomic E-state index is 0.145. The number of ether oxygens (including phenoxy) is 2. The third kappa shape index (κ3) is 6.59. The third-order valence-electron chi connectivity index (χ3n) is 4.38. The molecule has 1 N–H and O–H groups in total. The molecule has 0 aliphatic rings. The molecule has 3 aromatic rings. The highest BCUT2D eigenvalue weighted by atomic mass is 32.2. The number of carbonyl (C=O) groups is 1. The Labute approximate surface area is 198 Å². The summed E-state index contributed by atoms with van der Waals surface area (Å²) in [6.45, 7) is 1.92. The van der Waals surface area contributed by atoms with Crippen molar-refractivity contribution in [2.75, 3.05) is 6.61 Å². The molecule has 9 nitrogen and oxygen atoms in total. The number of carboxylic acid groups (broad SMARTS) is 1. The minimum atomic E-state index is -6.18. The summed E-state index contributed by atoms with van der Waals surface area (Å²) in [4.78, 5) is 19.5. The second kappa shape index (κ2) is 10.6. The number of nitrogens with zero attached hydrogens (tertiary/aromatic N) is 2. The standard InChI is InChI=1S/C22H19F3N2O7S/c1-2-32-16-10-8-14(9-11-16)12-17-26-18(21(28)29)19(33-13-15-6-4-3-5-7-15)20(27-17)34-35(30,31)22(23,24)25/h3-11H,2,12-13H2,1H3,(H,28,29). The second-order valence-corrected chi connectivity index (χ2v) is 8.48. The van der Waals surface area contributed by atoms with Gasteiger partial charge in [0.05, 0.1) is 6.61 Å². The monoisotopic (exact) mass is 512 g/mol. The van der Waals surface area contributed by atoms with E-state index in [0.29, 0.717) is 23.5 Å². The molecule has 0 bridgehead atoms. The Morgan fingerprint density at radius 3 is 2.20 bits per heavy atom. The van der Waals surface area contributed by atoms with Gasteiger partial charge < -0.3 is 18.8 Å². The average molecular weight is 512 g/mol. The maximum Gasteiger partial charge on any atom is 0.534 e. The Bertz CT molecular complexity index is 1280. The maximum atomic E-state index is 13.0. The third-order valence-corrected chi connectivity index (χ3v) is 5.32. The molecule has 1 heterocycles. The van der Waals surface area contributed by atoms with Gasteiger partial charge in [-0.2, -0.15) is 26.6 Å². The van der Waals surface area contributed by atoms with Crippen molar-refractivity contribution in [3.63, 3.8) is 0 Å². The second-order valence-electron chi connectivity index (χ2n) is 6.94. The average Bonchev–Trinajstić information content (AvgIpc) is 2.79. The summed E-state index contributed by atoms with van der Waals surface area (Å²) in [5.74, 6) is -3.46. The predicted molar refractivity (Wildman–Crippen MR) is 116 cm³/mol. The van der Waals surface area contributed by atoms with Crippen LogP contribution in [0, 0.1) is 0 Å². The Morgan fingerprint density at radius 2 is 1.63 bits per heavy atom. The highest BCUT2D eigenvalue weighted by Crippen LogP contribution is 2.34. The fourth-order valence-electron chi connectivity index (χ4n) is 2.82. The lowest BCUT2D eigenvalue weighted by atomic mass is 10.1.